The topological polar surface area (TPSA) is 87.7 Å². The predicted molar refractivity (Wildman–Crippen MR) is 157 cm³/mol. The maximum absolute atomic E-state index is 13.2. The van der Waals surface area contributed by atoms with Crippen LogP contribution in [0.5, 0.6) is 5.75 Å². The summed E-state index contributed by atoms with van der Waals surface area (Å²) in [5.74, 6) is 0.0569. The lowest BCUT2D eigenvalue weighted by molar-refractivity contribution is 0.0974. The molecule has 0 saturated heterocycles. The van der Waals surface area contributed by atoms with Gasteiger partial charge in [-0.15, -0.1) is 0 Å². The summed E-state index contributed by atoms with van der Waals surface area (Å²) in [5.41, 5.74) is 3.79. The highest BCUT2D eigenvalue weighted by Crippen LogP contribution is 2.32. The number of nitrogens with one attached hydrogen (secondary N) is 2. The van der Waals surface area contributed by atoms with E-state index in [0.717, 1.165) is 11.1 Å². The van der Waals surface area contributed by atoms with Crippen molar-refractivity contribution < 1.29 is 17.9 Å². The van der Waals surface area contributed by atoms with E-state index in [-0.39, 0.29) is 10.0 Å². The number of thiocarbonyl (C=S) groups is 1. The Morgan fingerprint density at radius 1 is 0.872 bits per heavy atom. The summed E-state index contributed by atoms with van der Waals surface area (Å²) in [5, 5.41) is 5.70. The van der Waals surface area contributed by atoms with Crippen LogP contribution in [0.25, 0.3) is 0 Å². The van der Waals surface area contributed by atoms with E-state index in [1.807, 2.05) is 60.7 Å². The van der Waals surface area contributed by atoms with Gasteiger partial charge in [0.05, 0.1) is 22.8 Å². The van der Waals surface area contributed by atoms with Gasteiger partial charge in [-0.25, -0.2) is 8.42 Å². The third kappa shape index (κ3) is 6.10. The van der Waals surface area contributed by atoms with Gasteiger partial charge in [-0.05, 0) is 72.2 Å². The highest BCUT2D eigenvalue weighted by molar-refractivity contribution is 7.92. The summed E-state index contributed by atoms with van der Waals surface area (Å²) in [6, 6.07) is 30.8. The van der Waals surface area contributed by atoms with E-state index >= 15 is 0 Å². The molecule has 1 aliphatic rings. The lowest BCUT2D eigenvalue weighted by Crippen LogP contribution is -2.34. The first kappa shape index (κ1) is 26.4. The number of fused-ring (bicyclic) bond motifs is 1. The van der Waals surface area contributed by atoms with Crippen LogP contribution in [-0.2, 0) is 22.9 Å². The zero-order valence-corrected chi connectivity index (χ0v) is 22.7. The Kier molecular flexibility index (Phi) is 7.90. The fourth-order valence-electron chi connectivity index (χ4n) is 4.43. The summed E-state index contributed by atoms with van der Waals surface area (Å²) in [7, 11) is -3.69. The van der Waals surface area contributed by atoms with E-state index in [1.165, 1.54) is 16.4 Å². The van der Waals surface area contributed by atoms with Crippen LogP contribution in [-0.4, -0.2) is 32.6 Å². The minimum atomic E-state index is -3.69. The molecule has 2 N–H and O–H groups in total. The number of ether oxygens (including phenoxy) is 1. The maximum atomic E-state index is 13.2. The van der Waals surface area contributed by atoms with Crippen molar-refractivity contribution in [2.75, 3.05) is 22.8 Å². The first-order valence-electron chi connectivity index (χ1n) is 12.5. The van der Waals surface area contributed by atoms with Gasteiger partial charge in [0.1, 0.15) is 5.75 Å². The van der Waals surface area contributed by atoms with E-state index in [9.17, 15) is 13.2 Å². The smallest absolute Gasteiger partial charge is 0.264 e. The fourth-order valence-corrected chi connectivity index (χ4v) is 6.15. The number of hydrogen-bond donors (Lipinski definition) is 2. The predicted octanol–water partition coefficient (Wildman–Crippen LogP) is 5.19. The van der Waals surface area contributed by atoms with Crippen molar-refractivity contribution in [2.24, 2.45) is 0 Å². The van der Waals surface area contributed by atoms with Gasteiger partial charge in [0.25, 0.3) is 15.9 Å². The number of nitrogens with zero attached hydrogens (tertiary/aromatic N) is 1. The lowest BCUT2D eigenvalue weighted by atomic mass is 10.1. The molecule has 0 spiro atoms. The minimum Gasteiger partial charge on any atom is -0.492 e. The number of anilines is 2. The van der Waals surface area contributed by atoms with Gasteiger partial charge < -0.3 is 10.1 Å². The Morgan fingerprint density at radius 2 is 1.56 bits per heavy atom. The number of carbonyl (C=O) groups is 1. The molecule has 1 heterocycles. The van der Waals surface area contributed by atoms with Crippen LogP contribution in [0.1, 0.15) is 21.5 Å². The quantitative estimate of drug-likeness (QED) is 0.290. The van der Waals surface area contributed by atoms with Crippen molar-refractivity contribution in [3.63, 3.8) is 0 Å². The molecule has 4 aromatic carbocycles. The fraction of sp³-hybridized carbons (Fsp3) is 0.133. The number of para-hydroxylation sites is 2. The molecule has 0 radical (unpaired) electrons. The first-order valence-corrected chi connectivity index (χ1v) is 14.4. The van der Waals surface area contributed by atoms with Gasteiger partial charge in [-0.2, -0.15) is 0 Å². The molecular weight excluding hydrogens is 530 g/mol. The number of rotatable bonds is 8. The minimum absolute atomic E-state index is 0.0863. The molecular formula is C30H27N3O4S2. The molecule has 39 heavy (non-hydrogen) atoms. The zero-order valence-electron chi connectivity index (χ0n) is 21.0. The summed E-state index contributed by atoms with van der Waals surface area (Å²) in [6.07, 6.45) is 1.40. The van der Waals surface area contributed by atoms with Crippen LogP contribution in [0.15, 0.2) is 108 Å². The number of amides is 1. The molecule has 1 amide bonds. The normalized spacial score (nSPS) is 12.5. The zero-order chi connectivity index (χ0) is 27.2. The van der Waals surface area contributed by atoms with Crippen LogP contribution in [0.4, 0.5) is 11.4 Å². The first-order chi connectivity index (χ1) is 18.9. The van der Waals surface area contributed by atoms with E-state index in [0.29, 0.717) is 48.7 Å². The molecule has 9 heteroatoms. The molecule has 5 rings (SSSR count). The summed E-state index contributed by atoms with van der Waals surface area (Å²) >= 11 is 5.33. The third-order valence-corrected chi connectivity index (χ3v) is 8.43. The molecule has 4 aromatic rings. The van der Waals surface area contributed by atoms with Gasteiger partial charge in [0.15, 0.2) is 5.11 Å². The summed E-state index contributed by atoms with van der Waals surface area (Å²) in [6.45, 7) is 0.838. The molecule has 7 nitrogen and oxygen atoms in total. The molecule has 1 aliphatic heterocycles. The molecule has 0 fully saturated rings. The molecule has 0 aliphatic carbocycles. The second-order valence-electron chi connectivity index (χ2n) is 8.97. The second-order valence-corrected chi connectivity index (χ2v) is 11.2. The SMILES string of the molecule is O=C(NC(=S)Nc1ccc(S(=O)(=O)N2CCc3ccccc32)cc1)c1ccccc1OCCc1ccccc1. The molecule has 0 saturated carbocycles. The van der Waals surface area contributed by atoms with Crippen molar-refractivity contribution >= 4 is 44.6 Å². The van der Waals surface area contributed by atoms with Crippen LogP contribution in [0, 0.1) is 0 Å². The average Bonchev–Trinajstić information content (AvgIpc) is 3.39. The Balaban J connectivity index is 1.19. The van der Waals surface area contributed by atoms with Crippen molar-refractivity contribution in [2.45, 2.75) is 17.7 Å². The van der Waals surface area contributed by atoms with Crippen molar-refractivity contribution in [1.29, 1.82) is 0 Å². The highest BCUT2D eigenvalue weighted by atomic mass is 32.2. The number of sulfonamides is 1. The Morgan fingerprint density at radius 3 is 2.36 bits per heavy atom. The molecule has 0 unspecified atom stereocenters. The standard InChI is InChI=1S/C30H27N3O4S2/c34-29(26-11-5-7-13-28(26)37-21-19-22-8-2-1-3-9-22)32-30(38)31-24-14-16-25(17-15-24)39(35,36)33-20-18-23-10-4-6-12-27(23)33/h1-17H,18-21H2,(H2,31,32,34,38). The van der Waals surface area contributed by atoms with E-state index in [2.05, 4.69) is 10.6 Å². The summed E-state index contributed by atoms with van der Waals surface area (Å²) < 4.78 is 33.8. The number of carbonyl (C=O) groups excluding carboxylic acids is 1. The Labute approximate surface area is 233 Å². The monoisotopic (exact) mass is 557 g/mol. The summed E-state index contributed by atoms with van der Waals surface area (Å²) in [4.78, 5) is 13.1. The van der Waals surface area contributed by atoms with Gasteiger partial charge >= 0.3 is 0 Å². The average molecular weight is 558 g/mol. The molecule has 0 aromatic heterocycles. The van der Waals surface area contributed by atoms with Crippen LogP contribution < -0.4 is 19.7 Å². The van der Waals surface area contributed by atoms with Crippen molar-refractivity contribution in [3.8, 4) is 5.75 Å². The number of hydrogen-bond acceptors (Lipinski definition) is 5. The highest BCUT2D eigenvalue weighted by Gasteiger charge is 2.30. The van der Waals surface area contributed by atoms with E-state index in [4.69, 9.17) is 17.0 Å². The van der Waals surface area contributed by atoms with Crippen molar-refractivity contribution in [3.05, 3.63) is 120 Å². The van der Waals surface area contributed by atoms with Crippen LogP contribution in [0.2, 0.25) is 0 Å². The van der Waals surface area contributed by atoms with Gasteiger partial charge in [0.2, 0.25) is 0 Å². The maximum Gasteiger partial charge on any atom is 0.264 e. The molecule has 0 bridgehead atoms. The van der Waals surface area contributed by atoms with Gasteiger partial charge in [-0.3, -0.25) is 14.4 Å². The van der Waals surface area contributed by atoms with Crippen LogP contribution in [0.3, 0.4) is 0 Å². The van der Waals surface area contributed by atoms with Gasteiger partial charge in [0, 0.05) is 18.7 Å². The van der Waals surface area contributed by atoms with E-state index in [1.54, 1.807) is 30.3 Å². The second kappa shape index (κ2) is 11.7. The molecule has 198 valence electrons. The van der Waals surface area contributed by atoms with Gasteiger partial charge in [-0.1, -0.05) is 60.7 Å². The number of benzene rings is 4. The largest absolute Gasteiger partial charge is 0.492 e. The van der Waals surface area contributed by atoms with Crippen LogP contribution >= 0.6 is 12.2 Å². The van der Waals surface area contributed by atoms with E-state index < -0.39 is 15.9 Å². The third-order valence-electron chi connectivity index (χ3n) is 6.39. The Bertz CT molecular complexity index is 1590. The molecule has 0 atom stereocenters. The van der Waals surface area contributed by atoms with Crippen molar-refractivity contribution in [1.82, 2.24) is 5.32 Å². The Hall–Kier alpha value is -4.21. The lowest BCUT2D eigenvalue weighted by Gasteiger charge is -2.20.